The second-order valence-corrected chi connectivity index (χ2v) is 7.34. The molecule has 0 spiro atoms. The van der Waals surface area contributed by atoms with Gasteiger partial charge < -0.3 is 14.5 Å². The van der Waals surface area contributed by atoms with Crippen LogP contribution in [0.2, 0.25) is 0 Å². The van der Waals surface area contributed by atoms with Gasteiger partial charge in [-0.05, 0) is 31.9 Å². The summed E-state index contributed by atoms with van der Waals surface area (Å²) in [7, 11) is 0. The van der Waals surface area contributed by atoms with Crippen LogP contribution in [0.5, 0.6) is 5.88 Å². The first-order valence-corrected chi connectivity index (χ1v) is 10.1. The lowest BCUT2D eigenvalue weighted by atomic mass is 10.1. The van der Waals surface area contributed by atoms with Crippen molar-refractivity contribution in [2.45, 2.75) is 45.7 Å². The van der Waals surface area contributed by atoms with Crippen LogP contribution < -0.4 is 4.74 Å². The number of carbonyl (C=O) groups excluding carboxylic acids is 2. The molecule has 0 bridgehead atoms. The number of carbonyl (C=O) groups is 2. The van der Waals surface area contributed by atoms with Gasteiger partial charge in [0.2, 0.25) is 11.8 Å². The van der Waals surface area contributed by atoms with E-state index in [1.54, 1.807) is 30.2 Å². The molecule has 2 amide bonds. The molecule has 8 heteroatoms. The number of hydrogen-bond acceptors (Lipinski definition) is 6. The largest absolute Gasteiger partial charge is 0.477 e. The highest BCUT2D eigenvalue weighted by atomic mass is 16.5. The van der Waals surface area contributed by atoms with Crippen molar-refractivity contribution in [3.8, 4) is 5.88 Å². The Bertz CT molecular complexity index is 932. The maximum Gasteiger partial charge on any atom is 0.259 e. The van der Waals surface area contributed by atoms with Gasteiger partial charge in [0.1, 0.15) is 5.56 Å². The Balaban J connectivity index is 1.58. The summed E-state index contributed by atoms with van der Waals surface area (Å²) in [6.07, 6.45) is 5.87. The van der Waals surface area contributed by atoms with E-state index in [9.17, 15) is 9.59 Å². The quantitative estimate of drug-likeness (QED) is 0.788. The molecule has 1 fully saturated rings. The fraction of sp³-hybridized carbons (Fsp3) is 0.476. The minimum Gasteiger partial charge on any atom is -0.477 e. The third-order valence-corrected chi connectivity index (χ3v) is 5.49. The van der Waals surface area contributed by atoms with Crippen LogP contribution in [-0.4, -0.2) is 56.3 Å². The molecule has 0 radical (unpaired) electrons. The summed E-state index contributed by atoms with van der Waals surface area (Å²) in [5.74, 6) is 0.996. The molecule has 2 aromatic rings. The monoisotopic (exact) mass is 395 g/mol. The molecule has 152 valence electrons. The standard InChI is InChI=1S/C21H25N5O3/c1-3-29-20-16(6-4-9-22-20)21(28)26-10-5-7-18(26)19-23-12-15-13-25(14(2)27)11-8-17(15)24-19/h4,6,9,12,18H,3,5,7-8,10-11,13H2,1-2H3/t18-/m0/s1. The molecule has 4 rings (SSSR count). The van der Waals surface area contributed by atoms with Gasteiger partial charge in [-0.3, -0.25) is 9.59 Å². The molecule has 29 heavy (non-hydrogen) atoms. The Morgan fingerprint density at radius 1 is 1.28 bits per heavy atom. The predicted molar refractivity (Wildman–Crippen MR) is 105 cm³/mol. The lowest BCUT2D eigenvalue weighted by Crippen LogP contribution is -2.36. The maximum absolute atomic E-state index is 13.2. The van der Waals surface area contributed by atoms with Crippen molar-refractivity contribution in [2.24, 2.45) is 0 Å². The highest BCUT2D eigenvalue weighted by Crippen LogP contribution is 2.33. The zero-order valence-corrected chi connectivity index (χ0v) is 16.8. The minimum atomic E-state index is -0.159. The molecule has 0 N–H and O–H groups in total. The van der Waals surface area contributed by atoms with E-state index in [1.165, 1.54) is 0 Å². The summed E-state index contributed by atoms with van der Waals surface area (Å²) < 4.78 is 5.54. The van der Waals surface area contributed by atoms with E-state index in [1.807, 2.05) is 18.0 Å². The van der Waals surface area contributed by atoms with Crippen molar-refractivity contribution >= 4 is 11.8 Å². The van der Waals surface area contributed by atoms with Gasteiger partial charge in [-0.2, -0.15) is 0 Å². The molecule has 2 aromatic heterocycles. The number of hydrogen-bond donors (Lipinski definition) is 0. The van der Waals surface area contributed by atoms with E-state index in [0.29, 0.717) is 49.9 Å². The Morgan fingerprint density at radius 3 is 2.93 bits per heavy atom. The minimum absolute atomic E-state index is 0.0638. The van der Waals surface area contributed by atoms with Crippen LogP contribution in [0.25, 0.3) is 0 Å². The van der Waals surface area contributed by atoms with E-state index in [2.05, 4.69) is 9.97 Å². The molecule has 2 aliphatic heterocycles. The van der Waals surface area contributed by atoms with Gasteiger partial charge >= 0.3 is 0 Å². The van der Waals surface area contributed by atoms with Crippen LogP contribution in [0.1, 0.15) is 60.2 Å². The van der Waals surface area contributed by atoms with E-state index < -0.39 is 0 Å². The zero-order valence-electron chi connectivity index (χ0n) is 16.8. The number of amides is 2. The zero-order chi connectivity index (χ0) is 20.4. The number of pyridine rings is 1. The summed E-state index contributed by atoms with van der Waals surface area (Å²) in [6, 6.07) is 3.34. The van der Waals surface area contributed by atoms with Crippen molar-refractivity contribution in [1.29, 1.82) is 0 Å². The highest BCUT2D eigenvalue weighted by molar-refractivity contribution is 5.96. The van der Waals surface area contributed by atoms with Gasteiger partial charge in [-0.1, -0.05) is 0 Å². The first-order chi connectivity index (χ1) is 14.1. The normalized spacial score (nSPS) is 18.5. The predicted octanol–water partition coefficient (Wildman–Crippen LogP) is 2.15. The fourth-order valence-electron chi connectivity index (χ4n) is 4.00. The number of likely N-dealkylation sites (tertiary alicyclic amines) is 1. The molecular weight excluding hydrogens is 370 g/mol. The van der Waals surface area contributed by atoms with Gasteiger partial charge in [0.15, 0.2) is 5.82 Å². The second kappa shape index (κ2) is 8.14. The number of fused-ring (bicyclic) bond motifs is 1. The Hall–Kier alpha value is -3.03. The van der Waals surface area contributed by atoms with Crippen molar-refractivity contribution < 1.29 is 14.3 Å². The summed E-state index contributed by atoms with van der Waals surface area (Å²) in [6.45, 7) is 5.77. The molecule has 0 aliphatic carbocycles. The summed E-state index contributed by atoms with van der Waals surface area (Å²) in [4.78, 5) is 42.1. The van der Waals surface area contributed by atoms with Crippen LogP contribution in [0, 0.1) is 0 Å². The van der Waals surface area contributed by atoms with E-state index in [0.717, 1.165) is 24.1 Å². The fourth-order valence-corrected chi connectivity index (χ4v) is 4.00. The van der Waals surface area contributed by atoms with Crippen molar-refractivity contribution in [1.82, 2.24) is 24.8 Å². The number of nitrogens with zero attached hydrogens (tertiary/aromatic N) is 5. The maximum atomic E-state index is 13.2. The molecule has 0 saturated carbocycles. The lowest BCUT2D eigenvalue weighted by molar-refractivity contribution is -0.129. The number of rotatable bonds is 4. The van der Waals surface area contributed by atoms with Gasteiger partial charge in [0.25, 0.3) is 5.91 Å². The van der Waals surface area contributed by atoms with Gasteiger partial charge in [0.05, 0.1) is 18.3 Å². The molecule has 1 atom stereocenters. The smallest absolute Gasteiger partial charge is 0.259 e. The highest BCUT2D eigenvalue weighted by Gasteiger charge is 2.34. The average Bonchev–Trinajstić information content (AvgIpc) is 3.23. The Morgan fingerprint density at radius 2 is 2.14 bits per heavy atom. The third-order valence-electron chi connectivity index (χ3n) is 5.49. The lowest BCUT2D eigenvalue weighted by Gasteiger charge is -2.29. The van der Waals surface area contributed by atoms with Gasteiger partial charge in [-0.15, -0.1) is 0 Å². The molecule has 0 unspecified atom stereocenters. The van der Waals surface area contributed by atoms with Gasteiger partial charge in [-0.25, -0.2) is 15.0 Å². The van der Waals surface area contributed by atoms with Crippen LogP contribution in [0.4, 0.5) is 0 Å². The van der Waals surface area contributed by atoms with E-state index in [4.69, 9.17) is 9.72 Å². The van der Waals surface area contributed by atoms with Crippen LogP contribution in [-0.2, 0) is 17.8 Å². The molecule has 8 nitrogen and oxygen atoms in total. The molecule has 2 aliphatic rings. The first-order valence-electron chi connectivity index (χ1n) is 10.1. The molecule has 4 heterocycles. The van der Waals surface area contributed by atoms with Crippen molar-refractivity contribution in [2.75, 3.05) is 19.7 Å². The number of ether oxygens (including phenoxy) is 1. The average molecular weight is 395 g/mol. The molecular formula is C21H25N5O3. The Kier molecular flexibility index (Phi) is 5.42. The van der Waals surface area contributed by atoms with E-state index in [-0.39, 0.29) is 17.9 Å². The summed E-state index contributed by atoms with van der Waals surface area (Å²) in [5, 5.41) is 0. The first kappa shape index (κ1) is 19.3. The van der Waals surface area contributed by atoms with Crippen molar-refractivity contribution in [3.63, 3.8) is 0 Å². The molecule has 1 saturated heterocycles. The Labute approximate surface area is 169 Å². The topological polar surface area (TPSA) is 88.5 Å². The van der Waals surface area contributed by atoms with Crippen LogP contribution in [0.3, 0.4) is 0 Å². The number of aromatic nitrogens is 3. The molecule has 0 aromatic carbocycles. The van der Waals surface area contributed by atoms with Crippen LogP contribution in [0.15, 0.2) is 24.5 Å². The van der Waals surface area contributed by atoms with E-state index >= 15 is 0 Å². The second-order valence-electron chi connectivity index (χ2n) is 7.34. The summed E-state index contributed by atoms with van der Waals surface area (Å²) in [5.41, 5.74) is 2.43. The van der Waals surface area contributed by atoms with Crippen molar-refractivity contribution in [3.05, 3.63) is 47.2 Å². The third kappa shape index (κ3) is 3.79. The SMILES string of the molecule is CCOc1ncccc1C(=O)N1CCC[C@H]1c1ncc2c(n1)CCN(C(C)=O)C2. The summed E-state index contributed by atoms with van der Waals surface area (Å²) >= 11 is 0. The van der Waals surface area contributed by atoms with Gasteiger partial charge in [0, 0.05) is 50.9 Å². The van der Waals surface area contributed by atoms with Crippen LogP contribution >= 0.6 is 0 Å².